The van der Waals surface area contributed by atoms with Crippen LogP contribution in [-0.2, 0) is 4.79 Å². The molecule has 1 aliphatic rings. The minimum absolute atomic E-state index is 0.214. The van der Waals surface area contributed by atoms with Gasteiger partial charge < -0.3 is 0 Å². The van der Waals surface area contributed by atoms with Gasteiger partial charge in [0, 0.05) is 5.56 Å². The molecular weight excluding hydrogens is 248 g/mol. The van der Waals surface area contributed by atoms with Gasteiger partial charge in [0.05, 0.1) is 5.92 Å². The zero-order chi connectivity index (χ0) is 13.1. The number of halogens is 1. The predicted octanol–water partition coefficient (Wildman–Crippen LogP) is 3.85. The number of aryl methyl sites for hydroxylation is 1. The Morgan fingerprint density at radius 3 is 2.56 bits per heavy atom. The quantitative estimate of drug-likeness (QED) is 0.611. The fraction of sp³-hybridized carbons (Fsp3) is 0.467. The van der Waals surface area contributed by atoms with Crippen molar-refractivity contribution < 1.29 is 9.59 Å². The molecule has 2 rings (SSSR count). The summed E-state index contributed by atoms with van der Waals surface area (Å²) in [5.41, 5.74) is 2.53. The normalized spacial score (nSPS) is 17.7. The molecule has 0 radical (unpaired) electrons. The third-order valence-corrected chi connectivity index (χ3v) is 4.13. The molecule has 0 aromatic heterocycles. The lowest BCUT2D eigenvalue weighted by atomic mass is 9.84. The van der Waals surface area contributed by atoms with E-state index in [-0.39, 0.29) is 11.2 Å². The first-order valence-electron chi connectivity index (χ1n) is 6.38. The van der Waals surface area contributed by atoms with E-state index >= 15 is 0 Å². The Morgan fingerprint density at radius 2 is 2.06 bits per heavy atom. The van der Waals surface area contributed by atoms with Crippen molar-refractivity contribution in [3.8, 4) is 0 Å². The van der Waals surface area contributed by atoms with Gasteiger partial charge in [-0.1, -0.05) is 31.0 Å². The Kier molecular flexibility index (Phi) is 4.18. The van der Waals surface area contributed by atoms with Gasteiger partial charge in [-0.25, -0.2) is 0 Å². The largest absolute Gasteiger partial charge is 0.298 e. The average molecular weight is 265 g/mol. The van der Waals surface area contributed by atoms with Crippen LogP contribution in [-0.4, -0.2) is 11.5 Å². The van der Waals surface area contributed by atoms with Crippen LogP contribution in [0.1, 0.15) is 53.1 Å². The predicted molar refractivity (Wildman–Crippen MR) is 72.1 cm³/mol. The molecule has 1 unspecified atom stereocenters. The zero-order valence-electron chi connectivity index (χ0n) is 10.5. The number of hydrogen-bond donors (Lipinski definition) is 0. The molecule has 18 heavy (non-hydrogen) atoms. The molecule has 1 fully saturated rings. The number of carbonyl (C=O) groups excluding carboxylic acids is 2. The van der Waals surface area contributed by atoms with Crippen LogP contribution in [0.2, 0.25) is 0 Å². The van der Waals surface area contributed by atoms with Crippen LogP contribution in [0.5, 0.6) is 0 Å². The summed E-state index contributed by atoms with van der Waals surface area (Å²) in [7, 11) is 0. The molecule has 0 heterocycles. The van der Waals surface area contributed by atoms with Crippen LogP contribution in [0.15, 0.2) is 18.2 Å². The monoisotopic (exact) mass is 264 g/mol. The lowest BCUT2D eigenvalue weighted by molar-refractivity contribution is -0.114. The Bertz CT molecular complexity index is 462. The number of benzene rings is 1. The molecule has 0 saturated heterocycles. The molecule has 1 aromatic carbocycles. The molecule has 0 N–H and O–H groups in total. The first-order valence-corrected chi connectivity index (χ1v) is 6.76. The maximum Gasteiger partial charge on any atom is 0.229 e. The summed E-state index contributed by atoms with van der Waals surface area (Å²) in [4.78, 5) is 22.5. The van der Waals surface area contributed by atoms with Gasteiger partial charge >= 0.3 is 0 Å². The number of carbonyl (C=O) groups is 2. The molecule has 2 nitrogen and oxygen atoms in total. The van der Waals surface area contributed by atoms with Gasteiger partial charge in [0.25, 0.3) is 0 Å². The van der Waals surface area contributed by atoms with Crippen molar-refractivity contribution in [2.45, 2.75) is 38.5 Å². The van der Waals surface area contributed by atoms with E-state index in [0.717, 1.165) is 30.3 Å². The van der Waals surface area contributed by atoms with Gasteiger partial charge in [-0.05, 0) is 48.4 Å². The van der Waals surface area contributed by atoms with Gasteiger partial charge in [-0.2, -0.15) is 0 Å². The van der Waals surface area contributed by atoms with Crippen molar-refractivity contribution >= 4 is 23.1 Å². The minimum atomic E-state index is -0.278. The van der Waals surface area contributed by atoms with Crippen molar-refractivity contribution in [2.75, 3.05) is 0 Å². The van der Waals surface area contributed by atoms with E-state index in [0.29, 0.717) is 11.5 Å². The second-order valence-corrected chi connectivity index (χ2v) is 5.43. The first-order chi connectivity index (χ1) is 8.63. The SMILES string of the molecule is Cc1cc(C(C(=O)Cl)C2CCCC2)ccc1C=O. The van der Waals surface area contributed by atoms with Gasteiger partial charge in [-0.15, -0.1) is 0 Å². The van der Waals surface area contributed by atoms with Gasteiger partial charge in [0.1, 0.15) is 6.29 Å². The molecule has 1 atom stereocenters. The van der Waals surface area contributed by atoms with Crippen molar-refractivity contribution in [2.24, 2.45) is 5.92 Å². The van der Waals surface area contributed by atoms with Crippen LogP contribution in [0.25, 0.3) is 0 Å². The van der Waals surface area contributed by atoms with Crippen molar-refractivity contribution in [1.29, 1.82) is 0 Å². The van der Waals surface area contributed by atoms with E-state index in [1.807, 2.05) is 19.1 Å². The number of aldehydes is 1. The molecule has 1 aliphatic carbocycles. The highest BCUT2D eigenvalue weighted by atomic mass is 35.5. The summed E-state index contributed by atoms with van der Waals surface area (Å²) >= 11 is 5.78. The van der Waals surface area contributed by atoms with Crippen LogP contribution < -0.4 is 0 Å². The molecule has 96 valence electrons. The Balaban J connectivity index is 2.33. The van der Waals surface area contributed by atoms with Crippen molar-refractivity contribution in [3.05, 3.63) is 34.9 Å². The summed E-state index contributed by atoms with van der Waals surface area (Å²) in [5.74, 6) is 0.144. The fourth-order valence-corrected chi connectivity index (χ4v) is 3.21. The topological polar surface area (TPSA) is 34.1 Å². The molecule has 1 saturated carbocycles. The van der Waals surface area contributed by atoms with E-state index in [1.54, 1.807) is 6.07 Å². The van der Waals surface area contributed by atoms with Gasteiger partial charge in [-0.3, -0.25) is 9.59 Å². The van der Waals surface area contributed by atoms with E-state index in [1.165, 1.54) is 12.8 Å². The molecule has 1 aromatic rings. The summed E-state index contributed by atoms with van der Waals surface area (Å²) in [6, 6.07) is 5.56. The molecule has 0 spiro atoms. The summed E-state index contributed by atoms with van der Waals surface area (Å²) in [6.45, 7) is 1.89. The average Bonchev–Trinajstić information content (AvgIpc) is 2.82. The number of rotatable bonds is 4. The minimum Gasteiger partial charge on any atom is -0.298 e. The molecule has 3 heteroatoms. The zero-order valence-corrected chi connectivity index (χ0v) is 11.2. The van der Waals surface area contributed by atoms with Crippen LogP contribution in [0.3, 0.4) is 0 Å². The summed E-state index contributed by atoms with van der Waals surface area (Å²) < 4.78 is 0. The highest BCUT2D eigenvalue weighted by molar-refractivity contribution is 6.64. The van der Waals surface area contributed by atoms with Crippen LogP contribution >= 0.6 is 11.6 Å². The van der Waals surface area contributed by atoms with E-state index in [4.69, 9.17) is 11.6 Å². The van der Waals surface area contributed by atoms with Crippen LogP contribution in [0.4, 0.5) is 0 Å². The molecule has 0 bridgehead atoms. The molecular formula is C15H17ClO2. The van der Waals surface area contributed by atoms with Gasteiger partial charge in [0.2, 0.25) is 5.24 Å². The first kappa shape index (κ1) is 13.3. The molecule has 0 amide bonds. The Morgan fingerprint density at radius 1 is 1.39 bits per heavy atom. The maximum atomic E-state index is 11.7. The van der Waals surface area contributed by atoms with Crippen LogP contribution in [0, 0.1) is 12.8 Å². The third kappa shape index (κ3) is 2.64. The van der Waals surface area contributed by atoms with E-state index < -0.39 is 0 Å². The third-order valence-electron chi connectivity index (χ3n) is 3.90. The lowest BCUT2D eigenvalue weighted by Gasteiger charge is -2.20. The van der Waals surface area contributed by atoms with E-state index in [2.05, 4.69) is 0 Å². The summed E-state index contributed by atoms with van der Waals surface area (Å²) in [5, 5.41) is -0.278. The molecule has 0 aliphatic heterocycles. The summed E-state index contributed by atoms with van der Waals surface area (Å²) in [6.07, 6.45) is 5.33. The highest BCUT2D eigenvalue weighted by Gasteiger charge is 2.31. The smallest absolute Gasteiger partial charge is 0.229 e. The highest BCUT2D eigenvalue weighted by Crippen LogP contribution is 2.39. The number of hydrogen-bond acceptors (Lipinski definition) is 2. The Labute approximate surface area is 112 Å². The Hall–Kier alpha value is -1.15. The second-order valence-electron chi connectivity index (χ2n) is 5.06. The lowest BCUT2D eigenvalue weighted by Crippen LogP contribution is -2.16. The van der Waals surface area contributed by atoms with Gasteiger partial charge in [0.15, 0.2) is 0 Å². The van der Waals surface area contributed by atoms with Crippen molar-refractivity contribution in [1.82, 2.24) is 0 Å². The maximum absolute atomic E-state index is 11.7. The van der Waals surface area contributed by atoms with Crippen molar-refractivity contribution in [3.63, 3.8) is 0 Å². The standard InChI is InChI=1S/C15H17ClO2/c1-10-8-12(6-7-13(10)9-17)14(15(16)18)11-4-2-3-5-11/h6-9,11,14H,2-5H2,1H3. The van der Waals surface area contributed by atoms with E-state index in [9.17, 15) is 9.59 Å². The fourth-order valence-electron chi connectivity index (χ4n) is 2.90. The second kappa shape index (κ2) is 5.66.